The number of carbonyl (C=O) groups is 1. The molecule has 0 bridgehead atoms. The molecule has 6 heteroatoms. The van der Waals surface area contributed by atoms with Crippen LogP contribution in [0.2, 0.25) is 0 Å². The van der Waals surface area contributed by atoms with E-state index < -0.39 is 0 Å². The lowest BCUT2D eigenvalue weighted by molar-refractivity contribution is -0.115. The van der Waals surface area contributed by atoms with Gasteiger partial charge in [0.25, 0.3) is 0 Å². The van der Waals surface area contributed by atoms with Crippen molar-refractivity contribution in [2.24, 2.45) is 0 Å². The van der Waals surface area contributed by atoms with E-state index in [9.17, 15) is 4.79 Å². The van der Waals surface area contributed by atoms with E-state index in [1.807, 2.05) is 25.1 Å². The molecular formula is C12H13BrN2O2S. The molecule has 96 valence electrons. The van der Waals surface area contributed by atoms with Gasteiger partial charge in [-0.05, 0) is 25.1 Å². The molecule has 2 rings (SSSR count). The third kappa shape index (κ3) is 3.20. The number of nitrogens with zero attached hydrogens (tertiary/aromatic N) is 1. The second-order valence-electron chi connectivity index (χ2n) is 3.57. The number of amides is 1. The Morgan fingerprint density at radius 2 is 2.39 bits per heavy atom. The van der Waals surface area contributed by atoms with Gasteiger partial charge < -0.3 is 10.1 Å². The van der Waals surface area contributed by atoms with Crippen LogP contribution >= 0.6 is 27.3 Å². The fourth-order valence-corrected chi connectivity index (χ4v) is 2.75. The fourth-order valence-electron chi connectivity index (χ4n) is 1.48. The predicted molar refractivity (Wildman–Crippen MR) is 77.8 cm³/mol. The lowest BCUT2D eigenvalue weighted by Crippen LogP contribution is -2.11. The number of hydrogen-bond acceptors (Lipinski definition) is 4. The molecule has 1 N–H and O–H groups in total. The number of carbonyl (C=O) groups excluding carboxylic acids is 1. The number of halogens is 1. The molecule has 1 amide bonds. The number of fused-ring (bicyclic) bond motifs is 1. The minimum Gasteiger partial charge on any atom is -0.494 e. The smallest absolute Gasteiger partial charge is 0.226 e. The Kier molecular flexibility index (Phi) is 4.54. The molecule has 0 atom stereocenters. The average Bonchev–Trinajstić information content (AvgIpc) is 2.71. The molecule has 4 nitrogen and oxygen atoms in total. The van der Waals surface area contributed by atoms with E-state index in [0.29, 0.717) is 23.5 Å². The molecule has 0 aliphatic carbocycles. The average molecular weight is 329 g/mol. The number of nitrogens with one attached hydrogen (secondary N) is 1. The number of anilines is 1. The van der Waals surface area contributed by atoms with Gasteiger partial charge in [0.05, 0.1) is 16.8 Å². The van der Waals surface area contributed by atoms with E-state index in [0.717, 1.165) is 16.0 Å². The van der Waals surface area contributed by atoms with Crippen LogP contribution in [0.25, 0.3) is 10.2 Å². The Labute approximate surface area is 117 Å². The second kappa shape index (κ2) is 6.15. The van der Waals surface area contributed by atoms with Crippen LogP contribution < -0.4 is 10.1 Å². The zero-order chi connectivity index (χ0) is 13.0. The Morgan fingerprint density at radius 3 is 3.11 bits per heavy atom. The van der Waals surface area contributed by atoms with Crippen molar-refractivity contribution in [3.63, 3.8) is 0 Å². The summed E-state index contributed by atoms with van der Waals surface area (Å²) in [6, 6.07) is 5.73. The van der Waals surface area contributed by atoms with Gasteiger partial charge in [-0.15, -0.1) is 0 Å². The van der Waals surface area contributed by atoms with Crippen molar-refractivity contribution in [3.8, 4) is 5.75 Å². The maximum absolute atomic E-state index is 11.5. The minimum absolute atomic E-state index is 0.0315. The standard InChI is InChI=1S/C12H13BrN2O2S/c1-2-17-8-3-4-9-10(7-8)18-12(14-9)15-11(16)5-6-13/h3-4,7H,2,5-6H2,1H3,(H,14,15,16). The van der Waals surface area contributed by atoms with E-state index in [1.165, 1.54) is 11.3 Å². The largest absolute Gasteiger partial charge is 0.494 e. The first kappa shape index (κ1) is 13.3. The zero-order valence-electron chi connectivity index (χ0n) is 9.90. The van der Waals surface area contributed by atoms with Gasteiger partial charge in [-0.25, -0.2) is 4.98 Å². The normalized spacial score (nSPS) is 10.6. The van der Waals surface area contributed by atoms with E-state index in [4.69, 9.17) is 4.74 Å². The number of benzene rings is 1. The number of alkyl halides is 1. The molecule has 0 radical (unpaired) electrons. The fraction of sp³-hybridized carbons (Fsp3) is 0.333. The van der Waals surface area contributed by atoms with Crippen LogP contribution in [0.5, 0.6) is 5.75 Å². The molecule has 0 aliphatic heterocycles. The quantitative estimate of drug-likeness (QED) is 0.855. The van der Waals surface area contributed by atoms with Crippen molar-refractivity contribution in [3.05, 3.63) is 18.2 Å². The molecule has 2 aromatic rings. The summed E-state index contributed by atoms with van der Waals surface area (Å²) in [5.41, 5.74) is 0.873. The zero-order valence-corrected chi connectivity index (χ0v) is 12.3. The van der Waals surface area contributed by atoms with Crippen LogP contribution in [-0.4, -0.2) is 22.8 Å². The first-order valence-electron chi connectivity index (χ1n) is 5.62. The molecule has 1 aromatic heterocycles. The molecule has 0 unspecified atom stereocenters. The molecule has 0 saturated heterocycles. The van der Waals surface area contributed by atoms with Crippen molar-refractivity contribution in [1.29, 1.82) is 0 Å². The maximum atomic E-state index is 11.5. The van der Waals surface area contributed by atoms with Gasteiger partial charge in [-0.1, -0.05) is 27.3 Å². The summed E-state index contributed by atoms with van der Waals surface area (Å²) in [5, 5.41) is 4.06. The van der Waals surface area contributed by atoms with Crippen LogP contribution in [0.3, 0.4) is 0 Å². The van der Waals surface area contributed by atoms with E-state index in [1.54, 1.807) is 0 Å². The molecular weight excluding hydrogens is 316 g/mol. The Bertz CT molecular complexity index is 556. The van der Waals surface area contributed by atoms with Crippen molar-refractivity contribution < 1.29 is 9.53 Å². The molecule has 1 heterocycles. The highest BCUT2D eigenvalue weighted by atomic mass is 79.9. The lowest BCUT2D eigenvalue weighted by Gasteiger charge is -2.00. The van der Waals surface area contributed by atoms with Gasteiger partial charge >= 0.3 is 0 Å². The number of hydrogen-bond donors (Lipinski definition) is 1. The molecule has 0 spiro atoms. The number of ether oxygens (including phenoxy) is 1. The first-order valence-corrected chi connectivity index (χ1v) is 7.56. The summed E-state index contributed by atoms with van der Waals surface area (Å²) in [6.07, 6.45) is 0.445. The summed E-state index contributed by atoms with van der Waals surface area (Å²) in [4.78, 5) is 15.8. The van der Waals surface area contributed by atoms with Crippen LogP contribution in [0.4, 0.5) is 5.13 Å². The minimum atomic E-state index is -0.0315. The van der Waals surface area contributed by atoms with E-state index in [-0.39, 0.29) is 5.91 Å². The van der Waals surface area contributed by atoms with Gasteiger partial charge in [0.1, 0.15) is 5.75 Å². The van der Waals surface area contributed by atoms with Crippen LogP contribution in [0, 0.1) is 0 Å². The van der Waals surface area contributed by atoms with Gasteiger partial charge in [0.15, 0.2) is 5.13 Å². The monoisotopic (exact) mass is 328 g/mol. The summed E-state index contributed by atoms with van der Waals surface area (Å²) in [7, 11) is 0. The molecule has 1 aromatic carbocycles. The van der Waals surface area contributed by atoms with Gasteiger partial charge in [0, 0.05) is 11.8 Å². The van der Waals surface area contributed by atoms with Crippen molar-refractivity contribution in [2.75, 3.05) is 17.3 Å². The lowest BCUT2D eigenvalue weighted by atomic mass is 10.3. The third-order valence-electron chi connectivity index (χ3n) is 2.24. The SMILES string of the molecule is CCOc1ccc2nc(NC(=O)CCBr)sc2c1. The van der Waals surface area contributed by atoms with Crippen LogP contribution in [0.1, 0.15) is 13.3 Å². The van der Waals surface area contributed by atoms with Crippen molar-refractivity contribution in [1.82, 2.24) is 4.98 Å². The number of rotatable bonds is 5. The van der Waals surface area contributed by atoms with E-state index >= 15 is 0 Å². The van der Waals surface area contributed by atoms with Crippen LogP contribution in [0.15, 0.2) is 18.2 Å². The highest BCUT2D eigenvalue weighted by Gasteiger charge is 2.08. The number of thiazole rings is 1. The summed E-state index contributed by atoms with van der Waals surface area (Å²) in [5.74, 6) is 0.794. The van der Waals surface area contributed by atoms with Crippen LogP contribution in [-0.2, 0) is 4.79 Å². The summed E-state index contributed by atoms with van der Waals surface area (Å²) < 4.78 is 6.44. The highest BCUT2D eigenvalue weighted by Crippen LogP contribution is 2.29. The van der Waals surface area contributed by atoms with Crippen molar-refractivity contribution >= 4 is 48.5 Å². The van der Waals surface area contributed by atoms with Gasteiger partial charge in [-0.2, -0.15) is 0 Å². The Balaban J connectivity index is 2.19. The summed E-state index contributed by atoms with van der Waals surface area (Å²) in [6.45, 7) is 2.59. The van der Waals surface area contributed by atoms with E-state index in [2.05, 4.69) is 26.2 Å². The first-order chi connectivity index (χ1) is 8.72. The topological polar surface area (TPSA) is 51.2 Å². The Morgan fingerprint density at radius 1 is 1.56 bits per heavy atom. The van der Waals surface area contributed by atoms with Gasteiger partial charge in [0.2, 0.25) is 5.91 Å². The third-order valence-corrected chi connectivity index (χ3v) is 3.57. The molecule has 0 saturated carbocycles. The highest BCUT2D eigenvalue weighted by molar-refractivity contribution is 9.09. The molecule has 18 heavy (non-hydrogen) atoms. The molecule has 0 fully saturated rings. The molecule has 0 aliphatic rings. The van der Waals surface area contributed by atoms with Gasteiger partial charge in [-0.3, -0.25) is 4.79 Å². The maximum Gasteiger partial charge on any atom is 0.226 e. The second-order valence-corrected chi connectivity index (χ2v) is 5.39. The predicted octanol–water partition coefficient (Wildman–Crippen LogP) is 3.42. The summed E-state index contributed by atoms with van der Waals surface area (Å²) >= 11 is 4.68. The van der Waals surface area contributed by atoms with Crippen molar-refractivity contribution in [2.45, 2.75) is 13.3 Å². The number of aromatic nitrogens is 1. The Hall–Kier alpha value is -1.14.